The maximum absolute atomic E-state index is 6.64. The number of benzene rings is 9. The third-order valence-electron chi connectivity index (χ3n) is 11.3. The Morgan fingerprint density at radius 3 is 1.74 bits per heavy atom. The van der Waals surface area contributed by atoms with Crippen molar-refractivity contribution in [2.75, 3.05) is 0 Å². The summed E-state index contributed by atoms with van der Waals surface area (Å²) >= 11 is 1.85. The van der Waals surface area contributed by atoms with Gasteiger partial charge in [-0.3, -0.25) is 0 Å². The summed E-state index contributed by atoms with van der Waals surface area (Å²) in [4.78, 5) is 15.6. The lowest BCUT2D eigenvalue weighted by atomic mass is 9.95. The minimum Gasteiger partial charge on any atom is -0.456 e. The van der Waals surface area contributed by atoms with Crippen LogP contribution < -0.4 is 0 Å². The van der Waals surface area contributed by atoms with Crippen molar-refractivity contribution in [2.24, 2.45) is 0 Å². The Balaban J connectivity index is 1.07. The molecule has 0 fully saturated rings. The average Bonchev–Trinajstić information content (AvgIpc) is 3.88. The SMILES string of the molecule is c1ccc(-c2ccc(-c3nc(-c4ccc5ccccc5c4)nc(-c4cccc5oc6cccc(-c7ccc8sc9ccc%10ccccc%10c9c8c7)c6c45)n3)cc2)cc1. The molecule has 0 bridgehead atoms. The molecule has 0 amide bonds. The maximum atomic E-state index is 6.64. The van der Waals surface area contributed by atoms with E-state index in [1.54, 1.807) is 0 Å². The first-order valence-electron chi connectivity index (χ1n) is 19.4. The van der Waals surface area contributed by atoms with E-state index in [-0.39, 0.29) is 0 Å². The molecule has 270 valence electrons. The van der Waals surface area contributed by atoms with Crippen LogP contribution in [-0.4, -0.2) is 15.0 Å². The smallest absolute Gasteiger partial charge is 0.164 e. The van der Waals surface area contributed by atoms with E-state index in [0.717, 1.165) is 66.3 Å². The van der Waals surface area contributed by atoms with Gasteiger partial charge in [0, 0.05) is 47.6 Å². The fraction of sp³-hybridized carbons (Fsp3) is 0. The van der Waals surface area contributed by atoms with Gasteiger partial charge in [-0.05, 0) is 80.2 Å². The third kappa shape index (κ3) is 5.32. The predicted molar refractivity (Wildman–Crippen MR) is 242 cm³/mol. The molecule has 0 aliphatic carbocycles. The molecule has 5 heteroatoms. The van der Waals surface area contributed by atoms with Crippen LogP contribution in [0.2, 0.25) is 0 Å². The van der Waals surface area contributed by atoms with Crippen molar-refractivity contribution in [3.05, 3.63) is 188 Å². The minimum absolute atomic E-state index is 0.592. The fourth-order valence-electron chi connectivity index (χ4n) is 8.53. The van der Waals surface area contributed by atoms with Crippen molar-refractivity contribution in [3.8, 4) is 56.4 Å². The number of aromatic nitrogens is 3. The van der Waals surface area contributed by atoms with Crippen molar-refractivity contribution in [3.63, 3.8) is 0 Å². The lowest BCUT2D eigenvalue weighted by Gasteiger charge is -2.11. The first kappa shape index (κ1) is 32.7. The van der Waals surface area contributed by atoms with Gasteiger partial charge in [-0.2, -0.15) is 0 Å². The van der Waals surface area contributed by atoms with Crippen LogP contribution in [0.1, 0.15) is 0 Å². The number of fused-ring (bicyclic) bond motifs is 9. The second-order valence-corrected chi connectivity index (χ2v) is 15.8. The molecule has 0 spiro atoms. The van der Waals surface area contributed by atoms with Gasteiger partial charge in [-0.15, -0.1) is 11.3 Å². The molecule has 3 heterocycles. The van der Waals surface area contributed by atoms with Crippen molar-refractivity contribution in [1.82, 2.24) is 15.0 Å². The summed E-state index contributed by atoms with van der Waals surface area (Å²) in [6.07, 6.45) is 0. The number of thiophene rings is 1. The van der Waals surface area contributed by atoms with Crippen molar-refractivity contribution in [1.29, 1.82) is 0 Å². The molecular formula is C53H31N3OS. The van der Waals surface area contributed by atoms with Crippen LogP contribution in [-0.2, 0) is 0 Å². The molecular weight excluding hydrogens is 727 g/mol. The molecule has 0 radical (unpaired) electrons. The Kier molecular flexibility index (Phi) is 7.37. The molecule has 0 saturated carbocycles. The van der Waals surface area contributed by atoms with Crippen molar-refractivity contribution >= 4 is 75.0 Å². The molecule has 12 rings (SSSR count). The van der Waals surface area contributed by atoms with Crippen LogP contribution in [0.15, 0.2) is 192 Å². The maximum Gasteiger partial charge on any atom is 0.164 e. The van der Waals surface area contributed by atoms with E-state index in [1.165, 1.54) is 36.3 Å². The highest BCUT2D eigenvalue weighted by Gasteiger charge is 2.21. The van der Waals surface area contributed by atoms with Gasteiger partial charge in [-0.1, -0.05) is 152 Å². The first-order chi connectivity index (χ1) is 28.7. The van der Waals surface area contributed by atoms with Crippen molar-refractivity contribution < 1.29 is 4.42 Å². The molecule has 0 saturated heterocycles. The lowest BCUT2D eigenvalue weighted by molar-refractivity contribution is 0.669. The van der Waals surface area contributed by atoms with Crippen LogP contribution in [0.25, 0.3) is 120 Å². The molecule has 0 aliphatic heterocycles. The number of hydrogen-bond donors (Lipinski definition) is 0. The molecule has 0 N–H and O–H groups in total. The molecule has 0 aliphatic rings. The van der Waals surface area contributed by atoms with E-state index >= 15 is 0 Å². The standard InChI is InChI=1S/C53H31N3OS/c1-2-10-32(11-3-1)34-20-23-36(24-21-34)51-54-52(39-25-22-33-12-4-5-14-37(33)30-39)56-53(55-51)42-17-9-19-45-50(42)49-41(16-8-18-44(49)57-45)38-27-28-46-43(31-38)48-40-15-7-6-13-35(40)26-29-47(48)58-46/h1-31H. The number of hydrogen-bond acceptors (Lipinski definition) is 5. The van der Waals surface area contributed by atoms with Gasteiger partial charge in [0.25, 0.3) is 0 Å². The Bertz CT molecular complexity index is 3570. The van der Waals surface area contributed by atoms with E-state index in [0.29, 0.717) is 17.5 Å². The molecule has 3 aromatic heterocycles. The minimum atomic E-state index is 0.592. The Hall–Kier alpha value is -7.47. The highest BCUT2D eigenvalue weighted by molar-refractivity contribution is 7.26. The molecule has 0 unspecified atom stereocenters. The fourth-order valence-corrected chi connectivity index (χ4v) is 9.64. The highest BCUT2D eigenvalue weighted by Crippen LogP contribution is 2.44. The second-order valence-electron chi connectivity index (χ2n) is 14.7. The Morgan fingerprint density at radius 2 is 0.914 bits per heavy atom. The van der Waals surface area contributed by atoms with Gasteiger partial charge in [-0.25, -0.2) is 15.0 Å². The summed E-state index contributed by atoms with van der Waals surface area (Å²) in [6.45, 7) is 0. The van der Waals surface area contributed by atoms with E-state index in [9.17, 15) is 0 Å². The summed E-state index contributed by atoms with van der Waals surface area (Å²) in [5, 5.41) is 9.42. The van der Waals surface area contributed by atoms with Crippen LogP contribution in [0.3, 0.4) is 0 Å². The summed E-state index contributed by atoms with van der Waals surface area (Å²) < 4.78 is 9.21. The zero-order chi connectivity index (χ0) is 38.2. The van der Waals surface area contributed by atoms with Gasteiger partial charge < -0.3 is 4.42 Å². The van der Waals surface area contributed by atoms with Crippen LogP contribution in [0, 0.1) is 0 Å². The Labute approximate surface area is 337 Å². The van der Waals surface area contributed by atoms with Gasteiger partial charge in [0.05, 0.1) is 0 Å². The average molecular weight is 758 g/mol. The van der Waals surface area contributed by atoms with Gasteiger partial charge >= 0.3 is 0 Å². The summed E-state index contributed by atoms with van der Waals surface area (Å²) in [6, 6.07) is 66.2. The van der Waals surface area contributed by atoms with Crippen LogP contribution in [0.5, 0.6) is 0 Å². The number of furan rings is 1. The van der Waals surface area contributed by atoms with Crippen molar-refractivity contribution in [2.45, 2.75) is 0 Å². The molecule has 0 atom stereocenters. The molecule has 9 aromatic carbocycles. The molecule has 4 nitrogen and oxygen atoms in total. The molecule has 12 aromatic rings. The van der Waals surface area contributed by atoms with E-state index in [2.05, 4.69) is 170 Å². The summed E-state index contributed by atoms with van der Waals surface area (Å²) in [5.74, 6) is 1.82. The Morgan fingerprint density at radius 1 is 0.328 bits per heavy atom. The summed E-state index contributed by atoms with van der Waals surface area (Å²) in [7, 11) is 0. The zero-order valence-corrected chi connectivity index (χ0v) is 31.9. The van der Waals surface area contributed by atoms with E-state index in [1.807, 2.05) is 29.5 Å². The predicted octanol–water partition coefficient (Wildman–Crippen LogP) is 14.8. The van der Waals surface area contributed by atoms with E-state index in [4.69, 9.17) is 19.4 Å². The highest BCUT2D eigenvalue weighted by atomic mass is 32.1. The second kappa shape index (κ2) is 13.1. The van der Waals surface area contributed by atoms with Gasteiger partial charge in [0.15, 0.2) is 17.5 Å². The largest absolute Gasteiger partial charge is 0.456 e. The quantitative estimate of drug-likeness (QED) is 0.175. The van der Waals surface area contributed by atoms with Gasteiger partial charge in [0.1, 0.15) is 11.2 Å². The normalized spacial score (nSPS) is 11.8. The first-order valence-corrected chi connectivity index (χ1v) is 20.2. The topological polar surface area (TPSA) is 51.8 Å². The zero-order valence-electron chi connectivity index (χ0n) is 31.1. The molecule has 58 heavy (non-hydrogen) atoms. The number of rotatable bonds is 5. The third-order valence-corrected chi connectivity index (χ3v) is 12.5. The summed E-state index contributed by atoms with van der Waals surface area (Å²) in [5.41, 5.74) is 8.88. The van der Waals surface area contributed by atoms with E-state index < -0.39 is 0 Å². The van der Waals surface area contributed by atoms with Crippen LogP contribution >= 0.6 is 11.3 Å². The lowest BCUT2D eigenvalue weighted by Crippen LogP contribution is -2.00. The van der Waals surface area contributed by atoms with Gasteiger partial charge in [0.2, 0.25) is 0 Å². The number of nitrogens with zero attached hydrogens (tertiary/aromatic N) is 3. The van der Waals surface area contributed by atoms with Crippen LogP contribution in [0.4, 0.5) is 0 Å². The monoisotopic (exact) mass is 757 g/mol.